The minimum atomic E-state index is -0.751. The maximum absolute atomic E-state index is 12.6. The largest absolute Gasteiger partial charge is 0.492 e. The molecule has 0 saturated carbocycles. The summed E-state index contributed by atoms with van der Waals surface area (Å²) in [5, 5.41) is 14.6. The Morgan fingerprint density at radius 2 is 1.72 bits per heavy atom. The van der Waals surface area contributed by atoms with E-state index in [-0.39, 0.29) is 11.6 Å². The molecule has 3 aromatic carbocycles. The highest BCUT2D eigenvalue weighted by atomic mass is 16.3. The lowest BCUT2D eigenvalue weighted by Gasteiger charge is -2.09. The van der Waals surface area contributed by atoms with Gasteiger partial charge < -0.3 is 20.7 Å². The van der Waals surface area contributed by atoms with E-state index in [1.165, 1.54) is 10.9 Å². The molecule has 7 nitrogen and oxygen atoms in total. The van der Waals surface area contributed by atoms with Gasteiger partial charge in [0.1, 0.15) is 0 Å². The smallest absolute Gasteiger partial charge is 0.271 e. The number of carbonyl (C=O) groups excluding carboxylic acids is 2. The highest BCUT2D eigenvalue weighted by molar-refractivity contribution is 6.06. The van der Waals surface area contributed by atoms with E-state index < -0.39 is 11.8 Å². The number of amides is 2. The minimum absolute atomic E-state index is 0.0429. The molecule has 0 spiro atoms. The van der Waals surface area contributed by atoms with Gasteiger partial charge >= 0.3 is 0 Å². The van der Waals surface area contributed by atoms with Gasteiger partial charge in [-0.2, -0.15) is 0 Å². The summed E-state index contributed by atoms with van der Waals surface area (Å²) >= 11 is 0. The number of hydrogen-bond donors (Lipinski definition) is 3. The van der Waals surface area contributed by atoms with Crippen LogP contribution in [0.3, 0.4) is 0 Å². The molecule has 144 valence electrons. The van der Waals surface area contributed by atoms with E-state index in [0.717, 1.165) is 16.3 Å². The predicted molar refractivity (Wildman–Crippen MR) is 110 cm³/mol. The second-order valence-corrected chi connectivity index (χ2v) is 6.62. The Labute approximate surface area is 166 Å². The molecule has 4 N–H and O–H groups in total. The number of fused-ring (bicyclic) bond motifs is 1. The van der Waals surface area contributed by atoms with Crippen LogP contribution in [0.25, 0.3) is 10.8 Å². The first kappa shape index (κ1) is 18.2. The van der Waals surface area contributed by atoms with Crippen LogP contribution in [0.1, 0.15) is 26.4 Å². The molecule has 0 radical (unpaired) electrons. The van der Waals surface area contributed by atoms with Crippen molar-refractivity contribution in [3.63, 3.8) is 0 Å². The van der Waals surface area contributed by atoms with Gasteiger partial charge in [0.05, 0.1) is 6.33 Å². The van der Waals surface area contributed by atoms with Crippen LogP contribution in [0.2, 0.25) is 0 Å². The first-order chi connectivity index (χ1) is 14.0. The van der Waals surface area contributed by atoms with Crippen molar-refractivity contribution in [3.05, 3.63) is 89.9 Å². The summed E-state index contributed by atoms with van der Waals surface area (Å²) in [6.45, 7) is 0.310. The van der Waals surface area contributed by atoms with E-state index in [0.29, 0.717) is 17.8 Å². The minimum Gasteiger partial charge on any atom is -0.492 e. The number of primary amides is 1. The number of nitrogens with zero attached hydrogens (tertiary/aromatic N) is 2. The zero-order chi connectivity index (χ0) is 20.4. The standard InChI is InChI=1S/C22H18N4O3/c23-20(27)19-22(29)24-13-26(19)12-14-5-9-18(10-6-14)25-21(28)17-8-7-15-3-1-2-4-16(15)11-17/h1-11,13,29H,12H2,(H2,23,27)(H,25,28). The van der Waals surface area contributed by atoms with Gasteiger partial charge in [-0.25, -0.2) is 4.98 Å². The third-order valence-corrected chi connectivity index (χ3v) is 4.63. The predicted octanol–water partition coefficient (Wildman–Crippen LogP) is 3.14. The molecule has 0 fully saturated rings. The molecule has 0 aliphatic carbocycles. The van der Waals surface area contributed by atoms with Gasteiger partial charge in [0, 0.05) is 17.8 Å². The molecular weight excluding hydrogens is 368 g/mol. The van der Waals surface area contributed by atoms with Crippen LogP contribution in [0.15, 0.2) is 73.1 Å². The van der Waals surface area contributed by atoms with Gasteiger partial charge in [-0.1, -0.05) is 42.5 Å². The lowest BCUT2D eigenvalue weighted by molar-refractivity contribution is 0.0987. The molecule has 0 bridgehead atoms. The molecule has 0 atom stereocenters. The Hall–Kier alpha value is -4.13. The third kappa shape index (κ3) is 3.79. The number of rotatable bonds is 5. The maximum Gasteiger partial charge on any atom is 0.271 e. The fourth-order valence-corrected chi connectivity index (χ4v) is 3.17. The quantitative estimate of drug-likeness (QED) is 0.489. The van der Waals surface area contributed by atoms with Crippen LogP contribution in [0, 0.1) is 0 Å². The summed E-state index contributed by atoms with van der Waals surface area (Å²) in [5.41, 5.74) is 7.31. The summed E-state index contributed by atoms with van der Waals surface area (Å²) in [7, 11) is 0. The van der Waals surface area contributed by atoms with Gasteiger partial charge in [0.25, 0.3) is 11.8 Å². The van der Waals surface area contributed by atoms with E-state index in [9.17, 15) is 14.7 Å². The number of carbonyl (C=O) groups is 2. The number of aromatic hydroxyl groups is 1. The average molecular weight is 386 g/mol. The second-order valence-electron chi connectivity index (χ2n) is 6.62. The molecule has 1 aromatic heterocycles. The van der Waals surface area contributed by atoms with Crippen molar-refractivity contribution in [1.29, 1.82) is 0 Å². The van der Waals surface area contributed by atoms with E-state index >= 15 is 0 Å². The molecule has 0 aliphatic rings. The molecule has 0 aliphatic heterocycles. The van der Waals surface area contributed by atoms with E-state index in [1.54, 1.807) is 18.2 Å². The molecule has 4 rings (SSSR count). The van der Waals surface area contributed by atoms with Gasteiger partial charge in [0.2, 0.25) is 5.88 Å². The Kier molecular flexibility index (Phi) is 4.70. The van der Waals surface area contributed by atoms with Crippen molar-refractivity contribution < 1.29 is 14.7 Å². The summed E-state index contributed by atoms with van der Waals surface area (Å²) in [4.78, 5) is 27.7. The number of nitrogens with two attached hydrogens (primary N) is 1. The van der Waals surface area contributed by atoms with E-state index in [4.69, 9.17) is 5.73 Å². The molecule has 0 unspecified atom stereocenters. The Morgan fingerprint density at radius 1 is 1.00 bits per heavy atom. The fraction of sp³-hybridized carbons (Fsp3) is 0.0455. The molecule has 0 saturated heterocycles. The van der Waals surface area contributed by atoms with Crippen LogP contribution >= 0.6 is 0 Å². The number of imidazole rings is 1. The highest BCUT2D eigenvalue weighted by Gasteiger charge is 2.15. The van der Waals surface area contributed by atoms with Crippen LogP contribution in [-0.4, -0.2) is 26.5 Å². The average Bonchev–Trinajstić information content (AvgIpc) is 3.09. The van der Waals surface area contributed by atoms with Crippen LogP contribution in [0.4, 0.5) is 5.69 Å². The fourth-order valence-electron chi connectivity index (χ4n) is 3.17. The van der Waals surface area contributed by atoms with Crippen molar-refractivity contribution in [1.82, 2.24) is 9.55 Å². The van der Waals surface area contributed by atoms with E-state index in [1.807, 2.05) is 48.5 Å². The lowest BCUT2D eigenvalue weighted by Crippen LogP contribution is -2.17. The van der Waals surface area contributed by atoms with Crippen molar-refractivity contribution >= 4 is 28.3 Å². The van der Waals surface area contributed by atoms with Gasteiger partial charge in [0.15, 0.2) is 5.69 Å². The summed E-state index contributed by atoms with van der Waals surface area (Å²) in [5.74, 6) is -1.34. The Balaban J connectivity index is 1.48. The zero-order valence-corrected chi connectivity index (χ0v) is 15.4. The second kappa shape index (κ2) is 7.47. The number of hydrogen-bond acceptors (Lipinski definition) is 4. The normalized spacial score (nSPS) is 10.8. The highest BCUT2D eigenvalue weighted by Crippen LogP contribution is 2.19. The number of aromatic nitrogens is 2. The Bertz CT molecular complexity index is 1210. The first-order valence-corrected chi connectivity index (χ1v) is 8.94. The van der Waals surface area contributed by atoms with Gasteiger partial charge in [-0.05, 0) is 40.6 Å². The number of anilines is 1. The molecule has 4 aromatic rings. The van der Waals surface area contributed by atoms with E-state index in [2.05, 4.69) is 10.3 Å². The molecule has 7 heteroatoms. The van der Waals surface area contributed by atoms with Crippen LogP contribution < -0.4 is 11.1 Å². The van der Waals surface area contributed by atoms with Crippen molar-refractivity contribution in [2.75, 3.05) is 5.32 Å². The van der Waals surface area contributed by atoms with Crippen molar-refractivity contribution in [2.45, 2.75) is 6.54 Å². The maximum atomic E-state index is 12.6. The summed E-state index contributed by atoms with van der Waals surface area (Å²) in [6.07, 6.45) is 1.35. The van der Waals surface area contributed by atoms with Gasteiger partial charge in [-0.3, -0.25) is 9.59 Å². The number of nitrogens with one attached hydrogen (secondary N) is 1. The molecule has 1 heterocycles. The number of benzene rings is 3. The van der Waals surface area contributed by atoms with Crippen LogP contribution in [-0.2, 0) is 6.54 Å². The van der Waals surface area contributed by atoms with Crippen molar-refractivity contribution in [2.24, 2.45) is 5.73 Å². The first-order valence-electron chi connectivity index (χ1n) is 8.94. The monoisotopic (exact) mass is 386 g/mol. The topological polar surface area (TPSA) is 110 Å². The summed E-state index contributed by atoms with van der Waals surface area (Å²) in [6, 6.07) is 20.6. The molecular formula is C22H18N4O3. The third-order valence-electron chi connectivity index (χ3n) is 4.63. The summed E-state index contributed by atoms with van der Waals surface area (Å²) < 4.78 is 1.47. The SMILES string of the molecule is NC(=O)c1c(O)ncn1Cc1ccc(NC(=O)c2ccc3ccccc3c2)cc1. The lowest BCUT2D eigenvalue weighted by atomic mass is 10.1. The Morgan fingerprint density at radius 3 is 2.45 bits per heavy atom. The molecule has 29 heavy (non-hydrogen) atoms. The molecule has 2 amide bonds. The van der Waals surface area contributed by atoms with Crippen LogP contribution in [0.5, 0.6) is 5.88 Å². The zero-order valence-electron chi connectivity index (χ0n) is 15.4. The van der Waals surface area contributed by atoms with Gasteiger partial charge in [-0.15, -0.1) is 0 Å². The van der Waals surface area contributed by atoms with Crippen molar-refractivity contribution in [3.8, 4) is 5.88 Å².